The van der Waals surface area contributed by atoms with Crippen LogP contribution in [0.4, 0.5) is 5.69 Å². The second-order valence-electron chi connectivity index (χ2n) is 7.60. The summed E-state index contributed by atoms with van der Waals surface area (Å²) in [6.07, 6.45) is 0. The fourth-order valence-electron chi connectivity index (χ4n) is 3.24. The van der Waals surface area contributed by atoms with Crippen LogP contribution in [0.15, 0.2) is 84.0 Å². The molecule has 0 aliphatic carbocycles. The quantitative estimate of drug-likeness (QED) is 0.367. The predicted molar refractivity (Wildman–Crippen MR) is 136 cm³/mol. The molecule has 0 fully saturated rings. The van der Waals surface area contributed by atoms with E-state index in [1.54, 1.807) is 50.5 Å². The Balaban J connectivity index is 1.50. The summed E-state index contributed by atoms with van der Waals surface area (Å²) in [6.45, 7) is 0. The third-order valence-electron chi connectivity index (χ3n) is 4.90. The van der Waals surface area contributed by atoms with Crippen LogP contribution >= 0.6 is 23.4 Å². The van der Waals surface area contributed by atoms with E-state index in [0.717, 1.165) is 11.3 Å². The summed E-state index contributed by atoms with van der Waals surface area (Å²) in [4.78, 5) is 26.1. The first-order chi connectivity index (χ1) is 16.4. The molecule has 0 aliphatic heterocycles. The van der Waals surface area contributed by atoms with Crippen LogP contribution in [-0.2, 0) is 4.79 Å². The summed E-state index contributed by atoms with van der Waals surface area (Å²) in [7, 11) is 3.39. The highest BCUT2D eigenvalue weighted by Crippen LogP contribution is 2.28. The number of nitrogens with one attached hydrogen (secondary N) is 1. The number of amides is 2. The largest absolute Gasteiger partial charge is 0.345 e. The Labute approximate surface area is 206 Å². The zero-order valence-corrected chi connectivity index (χ0v) is 20.2. The van der Waals surface area contributed by atoms with Crippen molar-refractivity contribution >= 4 is 40.9 Å². The third-order valence-corrected chi connectivity index (χ3v) is 6.09. The van der Waals surface area contributed by atoms with Crippen molar-refractivity contribution in [2.45, 2.75) is 5.16 Å². The Hall–Kier alpha value is -3.62. The monoisotopic (exact) mass is 491 g/mol. The number of aromatic nitrogens is 3. The first-order valence-corrected chi connectivity index (χ1v) is 11.8. The fourth-order valence-corrected chi connectivity index (χ4v) is 4.12. The van der Waals surface area contributed by atoms with Gasteiger partial charge in [-0.1, -0.05) is 53.7 Å². The lowest BCUT2D eigenvalue weighted by atomic mass is 10.2. The molecule has 4 aromatic rings. The number of hydrogen-bond acceptors (Lipinski definition) is 5. The van der Waals surface area contributed by atoms with E-state index in [-0.39, 0.29) is 17.6 Å². The predicted octanol–water partition coefficient (Wildman–Crippen LogP) is 5.02. The highest BCUT2D eigenvalue weighted by Gasteiger charge is 2.17. The van der Waals surface area contributed by atoms with Gasteiger partial charge < -0.3 is 10.2 Å². The maximum Gasteiger partial charge on any atom is 0.253 e. The first-order valence-electron chi connectivity index (χ1n) is 10.4. The topological polar surface area (TPSA) is 80.1 Å². The number of nitrogens with zero attached hydrogens (tertiary/aromatic N) is 4. The van der Waals surface area contributed by atoms with Crippen molar-refractivity contribution in [3.05, 3.63) is 89.4 Å². The Kier molecular flexibility index (Phi) is 7.30. The van der Waals surface area contributed by atoms with Gasteiger partial charge in [0.05, 0.1) is 5.75 Å². The van der Waals surface area contributed by atoms with Gasteiger partial charge >= 0.3 is 0 Å². The molecule has 0 radical (unpaired) electrons. The number of hydrogen-bond donors (Lipinski definition) is 1. The molecule has 7 nitrogen and oxygen atoms in total. The number of thioether (sulfide) groups is 1. The highest BCUT2D eigenvalue weighted by molar-refractivity contribution is 7.99. The number of rotatable bonds is 7. The highest BCUT2D eigenvalue weighted by atomic mass is 35.5. The molecule has 0 spiro atoms. The van der Waals surface area contributed by atoms with Crippen molar-refractivity contribution in [2.75, 3.05) is 25.2 Å². The minimum Gasteiger partial charge on any atom is -0.345 e. The van der Waals surface area contributed by atoms with Crippen LogP contribution in [0, 0.1) is 0 Å². The number of benzene rings is 3. The number of carbonyl (C=O) groups is 2. The van der Waals surface area contributed by atoms with Gasteiger partial charge in [-0.3, -0.25) is 14.2 Å². The van der Waals surface area contributed by atoms with E-state index < -0.39 is 0 Å². The summed E-state index contributed by atoms with van der Waals surface area (Å²) in [5.41, 5.74) is 2.93. The van der Waals surface area contributed by atoms with E-state index >= 15 is 0 Å². The summed E-state index contributed by atoms with van der Waals surface area (Å²) in [5.74, 6) is 0.526. The van der Waals surface area contributed by atoms with Crippen LogP contribution in [0.5, 0.6) is 0 Å². The molecule has 0 aliphatic rings. The molecule has 172 valence electrons. The second kappa shape index (κ2) is 10.5. The molecule has 0 bridgehead atoms. The Morgan fingerprint density at radius 3 is 2.26 bits per heavy atom. The van der Waals surface area contributed by atoms with E-state index in [0.29, 0.717) is 27.3 Å². The van der Waals surface area contributed by atoms with Crippen molar-refractivity contribution in [2.24, 2.45) is 0 Å². The fraction of sp³-hybridized carbons (Fsp3) is 0.120. The van der Waals surface area contributed by atoms with Crippen molar-refractivity contribution in [1.29, 1.82) is 0 Å². The molecular weight excluding hydrogens is 470 g/mol. The van der Waals surface area contributed by atoms with E-state index in [2.05, 4.69) is 15.5 Å². The molecule has 1 N–H and O–H groups in total. The maximum absolute atomic E-state index is 12.6. The number of halogens is 1. The van der Waals surface area contributed by atoms with E-state index in [1.165, 1.54) is 16.7 Å². The van der Waals surface area contributed by atoms with Crippen molar-refractivity contribution in [1.82, 2.24) is 19.7 Å². The molecule has 9 heteroatoms. The minimum absolute atomic E-state index is 0.0933. The lowest BCUT2D eigenvalue weighted by molar-refractivity contribution is -0.113. The van der Waals surface area contributed by atoms with Gasteiger partial charge in [-0.2, -0.15) is 0 Å². The van der Waals surface area contributed by atoms with Gasteiger partial charge in [0.15, 0.2) is 11.0 Å². The summed E-state index contributed by atoms with van der Waals surface area (Å²) >= 11 is 7.36. The lowest BCUT2D eigenvalue weighted by Crippen LogP contribution is -2.21. The van der Waals surface area contributed by atoms with Gasteiger partial charge in [0.25, 0.3) is 5.91 Å². The van der Waals surface area contributed by atoms with Gasteiger partial charge in [-0.25, -0.2) is 0 Å². The van der Waals surface area contributed by atoms with Gasteiger partial charge in [0, 0.05) is 41.6 Å². The van der Waals surface area contributed by atoms with Crippen molar-refractivity contribution in [3.8, 4) is 17.1 Å². The van der Waals surface area contributed by atoms with E-state index in [1.807, 2.05) is 47.0 Å². The standard InChI is InChI=1S/C25H22ClN5O2S/c1-30(2)24(33)18-8-12-20(13-9-18)27-22(32)16-34-25-29-28-23(17-6-4-3-5-7-17)31(25)21-14-10-19(26)11-15-21/h3-15H,16H2,1-2H3,(H,27,32). The van der Waals surface area contributed by atoms with Crippen LogP contribution in [0.1, 0.15) is 10.4 Å². The summed E-state index contributed by atoms with van der Waals surface area (Å²) in [5, 5.41) is 12.8. The Bertz CT molecular complexity index is 1290. The minimum atomic E-state index is -0.191. The smallest absolute Gasteiger partial charge is 0.253 e. The molecule has 0 atom stereocenters. The van der Waals surface area contributed by atoms with E-state index in [9.17, 15) is 9.59 Å². The van der Waals surface area contributed by atoms with Crippen LogP contribution in [0.3, 0.4) is 0 Å². The Morgan fingerprint density at radius 1 is 0.941 bits per heavy atom. The Morgan fingerprint density at radius 2 is 1.62 bits per heavy atom. The zero-order valence-electron chi connectivity index (χ0n) is 18.6. The van der Waals surface area contributed by atoms with E-state index in [4.69, 9.17) is 11.6 Å². The maximum atomic E-state index is 12.6. The number of anilines is 1. The van der Waals surface area contributed by atoms with Crippen molar-refractivity contribution < 1.29 is 9.59 Å². The third kappa shape index (κ3) is 5.47. The SMILES string of the molecule is CN(C)C(=O)c1ccc(NC(=O)CSc2nnc(-c3ccccc3)n2-c2ccc(Cl)cc2)cc1. The molecule has 0 unspecified atom stereocenters. The van der Waals surface area contributed by atoms with Crippen LogP contribution < -0.4 is 5.32 Å². The number of carbonyl (C=O) groups excluding carboxylic acids is 2. The van der Waals surface area contributed by atoms with Crippen LogP contribution in [-0.4, -0.2) is 51.3 Å². The summed E-state index contributed by atoms with van der Waals surface area (Å²) < 4.78 is 1.91. The van der Waals surface area contributed by atoms with Crippen LogP contribution in [0.2, 0.25) is 5.02 Å². The normalized spacial score (nSPS) is 10.7. The van der Waals surface area contributed by atoms with Gasteiger partial charge in [-0.15, -0.1) is 10.2 Å². The molecule has 34 heavy (non-hydrogen) atoms. The molecule has 3 aromatic carbocycles. The first kappa shape index (κ1) is 23.5. The van der Waals surface area contributed by atoms with Gasteiger partial charge in [0.1, 0.15) is 0 Å². The molecular formula is C25H22ClN5O2S. The van der Waals surface area contributed by atoms with Gasteiger partial charge in [0.2, 0.25) is 5.91 Å². The second-order valence-corrected chi connectivity index (χ2v) is 8.98. The lowest BCUT2D eigenvalue weighted by Gasteiger charge is -2.11. The van der Waals surface area contributed by atoms with Gasteiger partial charge in [-0.05, 0) is 48.5 Å². The average molecular weight is 492 g/mol. The molecule has 0 saturated heterocycles. The molecule has 1 aromatic heterocycles. The van der Waals surface area contributed by atoms with Crippen LogP contribution in [0.25, 0.3) is 17.1 Å². The molecule has 1 heterocycles. The zero-order chi connectivity index (χ0) is 24.1. The molecule has 2 amide bonds. The molecule has 4 rings (SSSR count). The molecule has 0 saturated carbocycles. The van der Waals surface area contributed by atoms with Crippen molar-refractivity contribution in [3.63, 3.8) is 0 Å². The average Bonchev–Trinajstić information content (AvgIpc) is 3.28. The summed E-state index contributed by atoms with van der Waals surface area (Å²) in [6, 6.07) is 23.9.